The summed E-state index contributed by atoms with van der Waals surface area (Å²) in [6.07, 6.45) is 5.76. The molecule has 1 unspecified atom stereocenters. The van der Waals surface area contributed by atoms with Crippen LogP contribution in [0.15, 0.2) is 18.2 Å². The van der Waals surface area contributed by atoms with Gasteiger partial charge in [-0.1, -0.05) is 19.3 Å². The molecule has 1 amide bonds. The van der Waals surface area contributed by atoms with Gasteiger partial charge in [-0.25, -0.2) is 21.5 Å². The average molecular weight is 372 g/mol. The third-order valence-electron chi connectivity index (χ3n) is 5.44. The van der Waals surface area contributed by atoms with Crippen LogP contribution in [-0.4, -0.2) is 38.0 Å². The van der Waals surface area contributed by atoms with Gasteiger partial charge >= 0.3 is 0 Å². The van der Waals surface area contributed by atoms with Crippen LogP contribution in [0, 0.1) is 23.0 Å². The lowest BCUT2D eigenvalue weighted by Crippen LogP contribution is -2.39. The molecular weight excluding hydrogens is 350 g/mol. The molecule has 1 spiro atoms. The lowest BCUT2D eigenvalue weighted by atomic mass is 9.67. The maximum absolute atomic E-state index is 13.4. The van der Waals surface area contributed by atoms with Crippen LogP contribution in [0.1, 0.15) is 32.1 Å². The van der Waals surface area contributed by atoms with Gasteiger partial charge < -0.3 is 5.32 Å². The summed E-state index contributed by atoms with van der Waals surface area (Å²) in [5, 5.41) is 2.63. The quantitative estimate of drug-likeness (QED) is 0.887. The van der Waals surface area contributed by atoms with Crippen LogP contribution >= 0.6 is 0 Å². The highest BCUT2D eigenvalue weighted by Crippen LogP contribution is 2.48. The Morgan fingerprint density at radius 3 is 2.48 bits per heavy atom. The number of nitrogens with zero attached hydrogens (tertiary/aromatic N) is 1. The molecule has 2 fully saturated rings. The van der Waals surface area contributed by atoms with E-state index in [1.54, 1.807) is 0 Å². The molecule has 3 rings (SSSR count). The molecule has 138 valence electrons. The highest BCUT2D eigenvalue weighted by Gasteiger charge is 2.52. The standard InChI is InChI=1S/C17H22F2N2O3S/c1-25(23,24)21-10-13(17(11-21)7-3-2-4-8-17)16(22)20-12-5-6-14(18)15(19)9-12/h5-6,9,13H,2-4,7-8,10-11H2,1H3,(H,20,22). The number of hydrogen-bond donors (Lipinski definition) is 1. The Morgan fingerprint density at radius 2 is 1.88 bits per heavy atom. The summed E-state index contributed by atoms with van der Waals surface area (Å²) in [6, 6.07) is 3.19. The molecule has 8 heteroatoms. The zero-order chi connectivity index (χ0) is 18.2. The van der Waals surface area contributed by atoms with Crippen molar-refractivity contribution in [1.29, 1.82) is 0 Å². The number of sulfonamides is 1. The molecule has 0 aromatic heterocycles. The summed E-state index contributed by atoms with van der Waals surface area (Å²) in [5.41, 5.74) is -0.197. The third-order valence-corrected chi connectivity index (χ3v) is 6.65. The van der Waals surface area contributed by atoms with Gasteiger partial charge in [0.2, 0.25) is 15.9 Å². The Bertz CT molecular complexity index is 776. The van der Waals surface area contributed by atoms with Crippen molar-refractivity contribution in [3.05, 3.63) is 29.8 Å². The summed E-state index contributed by atoms with van der Waals surface area (Å²) in [7, 11) is -3.39. The summed E-state index contributed by atoms with van der Waals surface area (Å²) < 4.78 is 51.7. The van der Waals surface area contributed by atoms with Gasteiger partial charge in [0.05, 0.1) is 12.2 Å². The second kappa shape index (κ2) is 6.64. The monoisotopic (exact) mass is 372 g/mol. The van der Waals surface area contributed by atoms with Gasteiger partial charge in [-0.2, -0.15) is 0 Å². The number of rotatable bonds is 3. The molecule has 1 aliphatic carbocycles. The molecule has 0 radical (unpaired) electrons. The van der Waals surface area contributed by atoms with E-state index in [-0.39, 0.29) is 23.6 Å². The first kappa shape index (κ1) is 18.3. The largest absolute Gasteiger partial charge is 0.326 e. The Morgan fingerprint density at radius 1 is 1.20 bits per heavy atom. The molecule has 5 nitrogen and oxygen atoms in total. The number of benzene rings is 1. The van der Waals surface area contributed by atoms with Crippen molar-refractivity contribution in [2.75, 3.05) is 24.7 Å². The first-order valence-electron chi connectivity index (χ1n) is 8.42. The van der Waals surface area contributed by atoms with Crippen molar-refractivity contribution in [2.45, 2.75) is 32.1 Å². The number of nitrogens with one attached hydrogen (secondary N) is 1. The first-order valence-corrected chi connectivity index (χ1v) is 10.3. The fourth-order valence-corrected chi connectivity index (χ4v) is 5.01. The summed E-state index contributed by atoms with van der Waals surface area (Å²) in [5.74, 6) is -2.84. The normalized spacial score (nSPS) is 23.7. The van der Waals surface area contributed by atoms with Gasteiger partial charge in [0.15, 0.2) is 11.6 Å². The molecule has 1 N–H and O–H groups in total. The van der Waals surface area contributed by atoms with E-state index in [0.29, 0.717) is 6.54 Å². The Labute approximate surface area is 146 Å². The molecule has 1 saturated carbocycles. The van der Waals surface area contributed by atoms with E-state index in [1.165, 1.54) is 10.4 Å². The number of carbonyl (C=O) groups excluding carboxylic acids is 1. The van der Waals surface area contributed by atoms with E-state index in [2.05, 4.69) is 5.32 Å². The topological polar surface area (TPSA) is 66.5 Å². The first-order chi connectivity index (χ1) is 11.7. The van der Waals surface area contributed by atoms with E-state index in [9.17, 15) is 22.0 Å². The molecule has 1 atom stereocenters. The van der Waals surface area contributed by atoms with Crippen LogP contribution in [0.4, 0.5) is 14.5 Å². The van der Waals surface area contributed by atoms with Crippen molar-refractivity contribution in [2.24, 2.45) is 11.3 Å². The van der Waals surface area contributed by atoms with Crippen LogP contribution < -0.4 is 5.32 Å². The minimum Gasteiger partial charge on any atom is -0.326 e. The van der Waals surface area contributed by atoms with Crippen molar-refractivity contribution < 1.29 is 22.0 Å². The van der Waals surface area contributed by atoms with Gasteiger partial charge in [-0.15, -0.1) is 0 Å². The molecule has 1 aliphatic heterocycles. The van der Waals surface area contributed by atoms with Crippen LogP contribution in [0.2, 0.25) is 0 Å². The van der Waals surface area contributed by atoms with E-state index >= 15 is 0 Å². The van der Waals surface area contributed by atoms with Crippen LogP contribution in [0.25, 0.3) is 0 Å². The predicted molar refractivity (Wildman–Crippen MR) is 90.4 cm³/mol. The number of anilines is 1. The minimum atomic E-state index is -3.39. The van der Waals surface area contributed by atoms with E-state index in [4.69, 9.17) is 0 Å². The minimum absolute atomic E-state index is 0.133. The van der Waals surface area contributed by atoms with Crippen molar-refractivity contribution in [1.82, 2.24) is 4.31 Å². The van der Waals surface area contributed by atoms with Gasteiger partial charge in [0.25, 0.3) is 0 Å². The molecule has 0 bridgehead atoms. The summed E-state index contributed by atoms with van der Waals surface area (Å²) >= 11 is 0. The van der Waals surface area contributed by atoms with Gasteiger partial charge in [-0.05, 0) is 30.4 Å². The Kier molecular flexibility index (Phi) is 4.85. The number of carbonyl (C=O) groups is 1. The molecule has 1 aromatic carbocycles. The summed E-state index contributed by atoms with van der Waals surface area (Å²) in [6.45, 7) is 0.482. The number of amides is 1. The second-order valence-corrected chi connectivity index (χ2v) is 9.13. The van der Waals surface area contributed by atoms with E-state index < -0.39 is 27.6 Å². The van der Waals surface area contributed by atoms with Crippen LogP contribution in [-0.2, 0) is 14.8 Å². The fraction of sp³-hybridized carbons (Fsp3) is 0.588. The van der Waals surface area contributed by atoms with E-state index in [1.807, 2.05) is 0 Å². The molecule has 2 aliphatic rings. The highest BCUT2D eigenvalue weighted by atomic mass is 32.2. The number of hydrogen-bond acceptors (Lipinski definition) is 3. The Hall–Kier alpha value is -1.54. The lowest BCUT2D eigenvalue weighted by molar-refractivity contribution is -0.123. The number of halogens is 2. The predicted octanol–water partition coefficient (Wildman–Crippen LogP) is 2.75. The maximum atomic E-state index is 13.4. The zero-order valence-electron chi connectivity index (χ0n) is 14.1. The van der Waals surface area contributed by atoms with E-state index in [0.717, 1.165) is 50.5 Å². The molecule has 1 heterocycles. The van der Waals surface area contributed by atoms with Crippen molar-refractivity contribution in [3.63, 3.8) is 0 Å². The third kappa shape index (κ3) is 3.69. The SMILES string of the molecule is CS(=O)(=O)N1CC(C(=O)Nc2ccc(F)c(F)c2)C2(CCCCC2)C1. The van der Waals surface area contributed by atoms with Crippen LogP contribution in [0.5, 0.6) is 0 Å². The Balaban J connectivity index is 1.84. The fourth-order valence-electron chi connectivity index (χ4n) is 4.10. The summed E-state index contributed by atoms with van der Waals surface area (Å²) in [4.78, 5) is 12.8. The van der Waals surface area contributed by atoms with Gasteiger partial charge in [0.1, 0.15) is 0 Å². The van der Waals surface area contributed by atoms with Gasteiger partial charge in [0, 0.05) is 24.8 Å². The average Bonchev–Trinajstić information content (AvgIpc) is 2.91. The lowest BCUT2D eigenvalue weighted by Gasteiger charge is -2.37. The molecular formula is C17H22F2N2O3S. The van der Waals surface area contributed by atoms with Crippen molar-refractivity contribution in [3.8, 4) is 0 Å². The van der Waals surface area contributed by atoms with Crippen molar-refractivity contribution >= 4 is 21.6 Å². The zero-order valence-corrected chi connectivity index (χ0v) is 14.9. The van der Waals surface area contributed by atoms with Gasteiger partial charge in [-0.3, -0.25) is 4.79 Å². The molecule has 1 saturated heterocycles. The van der Waals surface area contributed by atoms with Crippen LogP contribution in [0.3, 0.4) is 0 Å². The second-order valence-electron chi connectivity index (χ2n) is 7.15. The highest BCUT2D eigenvalue weighted by molar-refractivity contribution is 7.88. The maximum Gasteiger partial charge on any atom is 0.229 e. The molecule has 25 heavy (non-hydrogen) atoms. The smallest absolute Gasteiger partial charge is 0.229 e. The molecule has 1 aromatic rings.